The molecule has 1 amide bonds. The number of esters is 1. The normalized spacial score (nSPS) is 13.9. The minimum Gasteiger partial charge on any atom is -0.463 e. The van der Waals surface area contributed by atoms with Gasteiger partial charge in [-0.1, -0.05) is 17.3 Å². The van der Waals surface area contributed by atoms with Crippen LogP contribution in [0.5, 0.6) is 0 Å². The Bertz CT molecular complexity index is 758. The van der Waals surface area contributed by atoms with Gasteiger partial charge in [-0.15, -0.1) is 0 Å². The van der Waals surface area contributed by atoms with Gasteiger partial charge in [-0.2, -0.15) is 0 Å². The van der Waals surface area contributed by atoms with Crippen molar-refractivity contribution in [2.45, 2.75) is 25.7 Å². The molecule has 0 spiro atoms. The van der Waals surface area contributed by atoms with E-state index in [2.05, 4.69) is 10.5 Å². The molecule has 1 heterocycles. The van der Waals surface area contributed by atoms with E-state index in [0.717, 1.165) is 24.2 Å². The van der Waals surface area contributed by atoms with Crippen LogP contribution in [0.15, 0.2) is 40.9 Å². The zero-order chi connectivity index (χ0) is 16.9. The maximum Gasteiger partial charge on any atom is 0.330 e. The van der Waals surface area contributed by atoms with Crippen LogP contribution in [0.4, 0.5) is 5.69 Å². The minimum atomic E-state index is -0.382. The van der Waals surface area contributed by atoms with Crippen molar-refractivity contribution in [3.8, 4) is 0 Å². The lowest BCUT2D eigenvalue weighted by atomic mass is 10.2. The maximum atomic E-state index is 12.1. The summed E-state index contributed by atoms with van der Waals surface area (Å²) in [7, 11) is 0. The van der Waals surface area contributed by atoms with Gasteiger partial charge in [0.05, 0.1) is 6.61 Å². The van der Waals surface area contributed by atoms with Crippen LogP contribution in [0.3, 0.4) is 0 Å². The van der Waals surface area contributed by atoms with Crippen molar-refractivity contribution < 1.29 is 18.8 Å². The molecule has 1 aromatic carbocycles. The number of carbonyl (C=O) groups excluding carboxylic acids is 2. The number of rotatable bonds is 6. The Hall–Kier alpha value is -2.89. The van der Waals surface area contributed by atoms with Gasteiger partial charge in [0.15, 0.2) is 5.69 Å². The first-order valence-corrected chi connectivity index (χ1v) is 7.88. The lowest BCUT2D eigenvalue weighted by Gasteiger charge is -2.03. The number of carbonyl (C=O) groups is 2. The van der Waals surface area contributed by atoms with E-state index in [1.807, 2.05) is 0 Å². The third-order valence-corrected chi connectivity index (χ3v) is 3.61. The van der Waals surface area contributed by atoms with Crippen LogP contribution in [0.25, 0.3) is 6.08 Å². The third-order valence-electron chi connectivity index (χ3n) is 3.61. The van der Waals surface area contributed by atoms with E-state index in [4.69, 9.17) is 9.26 Å². The SMILES string of the molecule is CCOC(=O)/C=C/c1ccc(NC(=O)c2cc(C3CC3)on2)cc1. The number of benzene rings is 1. The molecule has 1 N–H and O–H groups in total. The fraction of sp³-hybridized carbons (Fsp3) is 0.278. The molecule has 6 heteroatoms. The number of hydrogen-bond donors (Lipinski definition) is 1. The van der Waals surface area contributed by atoms with Gasteiger partial charge in [0, 0.05) is 23.7 Å². The molecule has 2 aromatic rings. The minimum absolute atomic E-state index is 0.281. The van der Waals surface area contributed by atoms with Gasteiger partial charge >= 0.3 is 5.97 Å². The quantitative estimate of drug-likeness (QED) is 0.650. The van der Waals surface area contributed by atoms with Gasteiger partial charge in [0.1, 0.15) is 5.76 Å². The van der Waals surface area contributed by atoms with Crippen molar-refractivity contribution in [3.63, 3.8) is 0 Å². The lowest BCUT2D eigenvalue weighted by Crippen LogP contribution is -2.12. The van der Waals surface area contributed by atoms with Crippen molar-refractivity contribution in [1.82, 2.24) is 5.16 Å². The number of hydrogen-bond acceptors (Lipinski definition) is 5. The first kappa shape index (κ1) is 16.0. The Kier molecular flexibility index (Phi) is 4.74. The summed E-state index contributed by atoms with van der Waals surface area (Å²) in [4.78, 5) is 23.4. The van der Waals surface area contributed by atoms with Crippen LogP contribution >= 0.6 is 0 Å². The molecule has 1 fully saturated rings. The van der Waals surface area contributed by atoms with Crippen LogP contribution < -0.4 is 5.32 Å². The lowest BCUT2D eigenvalue weighted by molar-refractivity contribution is -0.137. The second kappa shape index (κ2) is 7.12. The average Bonchev–Trinajstić information content (AvgIpc) is 3.31. The van der Waals surface area contributed by atoms with E-state index in [-0.39, 0.29) is 17.6 Å². The number of nitrogens with zero attached hydrogens (tertiary/aromatic N) is 1. The van der Waals surface area contributed by atoms with Crippen LogP contribution in [0.2, 0.25) is 0 Å². The van der Waals surface area contributed by atoms with Crippen molar-refractivity contribution >= 4 is 23.6 Å². The Morgan fingerprint density at radius 2 is 2.08 bits per heavy atom. The number of ether oxygens (including phenoxy) is 1. The van der Waals surface area contributed by atoms with Crippen molar-refractivity contribution in [2.75, 3.05) is 11.9 Å². The molecule has 0 saturated heterocycles. The molecule has 1 aliphatic rings. The van der Waals surface area contributed by atoms with E-state index < -0.39 is 0 Å². The van der Waals surface area contributed by atoms with Gasteiger partial charge in [0.25, 0.3) is 5.91 Å². The predicted molar refractivity (Wildman–Crippen MR) is 88.5 cm³/mol. The van der Waals surface area contributed by atoms with Gasteiger partial charge in [-0.3, -0.25) is 4.79 Å². The summed E-state index contributed by atoms with van der Waals surface area (Å²) >= 11 is 0. The topological polar surface area (TPSA) is 81.4 Å². The highest BCUT2D eigenvalue weighted by Crippen LogP contribution is 2.40. The molecule has 0 aliphatic heterocycles. The fourth-order valence-corrected chi connectivity index (χ4v) is 2.18. The molecule has 1 saturated carbocycles. The standard InChI is InChI=1S/C18H18N2O4/c1-2-23-17(21)10-5-12-3-8-14(9-4-12)19-18(22)15-11-16(24-20-15)13-6-7-13/h3-5,8-11,13H,2,6-7H2,1H3,(H,19,22)/b10-5+. The van der Waals surface area contributed by atoms with Crippen molar-refractivity contribution in [1.29, 1.82) is 0 Å². The summed E-state index contributed by atoms with van der Waals surface area (Å²) in [5.74, 6) is 0.511. The Labute approximate surface area is 139 Å². The fourth-order valence-electron chi connectivity index (χ4n) is 2.18. The summed E-state index contributed by atoms with van der Waals surface area (Å²) in [6.07, 6.45) is 5.21. The van der Waals surface area contributed by atoms with E-state index in [9.17, 15) is 9.59 Å². The molecule has 0 bridgehead atoms. The molecule has 0 radical (unpaired) electrons. The molecule has 1 aromatic heterocycles. The highest BCUT2D eigenvalue weighted by molar-refractivity contribution is 6.02. The molecule has 1 aliphatic carbocycles. The maximum absolute atomic E-state index is 12.1. The molecule has 0 atom stereocenters. The van der Waals surface area contributed by atoms with Gasteiger partial charge in [-0.05, 0) is 43.5 Å². The summed E-state index contributed by atoms with van der Waals surface area (Å²) in [6.45, 7) is 2.10. The van der Waals surface area contributed by atoms with Gasteiger partial charge in [-0.25, -0.2) is 4.79 Å². The summed E-state index contributed by atoms with van der Waals surface area (Å²) < 4.78 is 9.99. The third kappa shape index (κ3) is 4.10. The van der Waals surface area contributed by atoms with Gasteiger partial charge in [0.2, 0.25) is 0 Å². The summed E-state index contributed by atoms with van der Waals surface area (Å²) in [6, 6.07) is 8.80. The van der Waals surface area contributed by atoms with E-state index in [0.29, 0.717) is 18.2 Å². The first-order valence-electron chi connectivity index (χ1n) is 7.88. The molecular formula is C18H18N2O4. The number of aromatic nitrogens is 1. The smallest absolute Gasteiger partial charge is 0.330 e. The highest BCUT2D eigenvalue weighted by Gasteiger charge is 2.28. The van der Waals surface area contributed by atoms with Crippen LogP contribution in [-0.4, -0.2) is 23.6 Å². The average molecular weight is 326 g/mol. The van der Waals surface area contributed by atoms with Crippen LogP contribution in [-0.2, 0) is 9.53 Å². The van der Waals surface area contributed by atoms with Crippen molar-refractivity contribution in [3.05, 3.63) is 53.4 Å². The summed E-state index contributed by atoms with van der Waals surface area (Å²) in [5, 5.41) is 6.57. The highest BCUT2D eigenvalue weighted by atomic mass is 16.5. The van der Waals surface area contributed by atoms with Crippen LogP contribution in [0.1, 0.15) is 47.5 Å². The second-order valence-electron chi connectivity index (χ2n) is 5.55. The number of anilines is 1. The molecule has 6 nitrogen and oxygen atoms in total. The summed E-state index contributed by atoms with van der Waals surface area (Å²) in [5.41, 5.74) is 1.76. The van der Waals surface area contributed by atoms with Crippen LogP contribution in [0, 0.1) is 0 Å². The van der Waals surface area contributed by atoms with Gasteiger partial charge < -0.3 is 14.6 Å². The number of amides is 1. The monoisotopic (exact) mass is 326 g/mol. The van der Waals surface area contributed by atoms with E-state index in [1.54, 1.807) is 43.3 Å². The molecule has 124 valence electrons. The van der Waals surface area contributed by atoms with E-state index >= 15 is 0 Å². The molecule has 0 unspecified atom stereocenters. The molecule has 24 heavy (non-hydrogen) atoms. The van der Waals surface area contributed by atoms with Crippen molar-refractivity contribution in [2.24, 2.45) is 0 Å². The zero-order valence-corrected chi connectivity index (χ0v) is 13.3. The zero-order valence-electron chi connectivity index (χ0n) is 13.3. The Morgan fingerprint density at radius 1 is 1.33 bits per heavy atom. The van der Waals surface area contributed by atoms with E-state index in [1.165, 1.54) is 6.08 Å². The first-order chi connectivity index (χ1) is 11.7. The Morgan fingerprint density at radius 3 is 2.75 bits per heavy atom. The molecular weight excluding hydrogens is 308 g/mol. The largest absolute Gasteiger partial charge is 0.463 e. The number of nitrogens with one attached hydrogen (secondary N) is 1. The second-order valence-corrected chi connectivity index (χ2v) is 5.55. The molecule has 3 rings (SSSR count). The predicted octanol–water partition coefficient (Wildman–Crippen LogP) is 3.38. The Balaban J connectivity index is 1.58.